The molecule has 0 aromatic heterocycles. The van der Waals surface area contributed by atoms with E-state index in [0.717, 1.165) is 11.1 Å². The Hall–Kier alpha value is -1.88. The van der Waals surface area contributed by atoms with E-state index in [9.17, 15) is 9.59 Å². The van der Waals surface area contributed by atoms with Gasteiger partial charge in [-0.2, -0.15) is 0 Å². The highest BCUT2D eigenvalue weighted by molar-refractivity contribution is 5.86. The number of ether oxygens (including phenoxy) is 1. The number of morpholine rings is 1. The summed E-state index contributed by atoms with van der Waals surface area (Å²) in [4.78, 5) is 26.1. The van der Waals surface area contributed by atoms with E-state index in [0.29, 0.717) is 12.5 Å². The fraction of sp³-hybridized carbons (Fsp3) is 0.529. The van der Waals surface area contributed by atoms with Crippen molar-refractivity contribution in [1.29, 1.82) is 0 Å². The van der Waals surface area contributed by atoms with Crippen molar-refractivity contribution in [1.82, 2.24) is 10.2 Å². The van der Waals surface area contributed by atoms with Gasteiger partial charge in [0.15, 0.2) is 6.10 Å². The van der Waals surface area contributed by atoms with Crippen LogP contribution in [0.2, 0.25) is 0 Å². The van der Waals surface area contributed by atoms with Crippen LogP contribution in [0.1, 0.15) is 30.0 Å². The van der Waals surface area contributed by atoms with Crippen LogP contribution >= 0.6 is 0 Å². The van der Waals surface area contributed by atoms with E-state index in [4.69, 9.17) is 4.74 Å². The summed E-state index contributed by atoms with van der Waals surface area (Å²) in [6.45, 7) is 2.65. The summed E-state index contributed by atoms with van der Waals surface area (Å²) in [6.07, 6.45) is 1.72. The Labute approximate surface area is 130 Å². The zero-order chi connectivity index (χ0) is 15.7. The molecule has 2 unspecified atom stereocenters. The molecule has 1 saturated carbocycles. The molecular weight excluding hydrogens is 280 g/mol. The van der Waals surface area contributed by atoms with E-state index in [1.165, 1.54) is 12.8 Å². The van der Waals surface area contributed by atoms with Crippen molar-refractivity contribution in [2.24, 2.45) is 5.92 Å². The summed E-state index contributed by atoms with van der Waals surface area (Å²) in [5.41, 5.74) is 2.02. The van der Waals surface area contributed by atoms with Crippen molar-refractivity contribution >= 4 is 11.8 Å². The number of likely N-dealkylation sites (N-methyl/N-ethyl adjacent to an activating group) is 1. The Kier molecular flexibility index (Phi) is 4.16. The maximum atomic E-state index is 12.5. The van der Waals surface area contributed by atoms with Gasteiger partial charge in [0, 0.05) is 13.6 Å². The normalized spacial score (nSPS) is 25.2. The van der Waals surface area contributed by atoms with Gasteiger partial charge < -0.3 is 15.0 Å². The Balaban J connectivity index is 1.83. The minimum atomic E-state index is -0.650. The molecule has 5 nitrogen and oxygen atoms in total. The summed E-state index contributed by atoms with van der Waals surface area (Å²) in [5.74, 6) is 0.391. The zero-order valence-electron chi connectivity index (χ0n) is 13.0. The van der Waals surface area contributed by atoms with Crippen molar-refractivity contribution in [2.45, 2.75) is 31.9 Å². The molecule has 22 heavy (non-hydrogen) atoms. The van der Waals surface area contributed by atoms with Gasteiger partial charge in [0.1, 0.15) is 6.61 Å². The molecular formula is C17H22N2O3. The molecule has 2 amide bonds. The second-order valence-electron chi connectivity index (χ2n) is 6.23. The topological polar surface area (TPSA) is 58.6 Å². The van der Waals surface area contributed by atoms with E-state index < -0.39 is 6.10 Å². The summed E-state index contributed by atoms with van der Waals surface area (Å²) < 4.78 is 5.59. The van der Waals surface area contributed by atoms with Gasteiger partial charge in [-0.3, -0.25) is 9.59 Å². The zero-order valence-corrected chi connectivity index (χ0v) is 13.0. The van der Waals surface area contributed by atoms with Gasteiger partial charge in [-0.05, 0) is 36.8 Å². The van der Waals surface area contributed by atoms with Gasteiger partial charge in [0.05, 0.1) is 6.04 Å². The first-order chi connectivity index (χ1) is 10.6. The van der Waals surface area contributed by atoms with Crippen molar-refractivity contribution in [3.63, 3.8) is 0 Å². The van der Waals surface area contributed by atoms with Crippen LogP contribution in [-0.2, 0) is 14.3 Å². The molecule has 1 heterocycles. The third-order valence-corrected chi connectivity index (χ3v) is 4.51. The molecule has 1 aromatic carbocycles. The molecule has 1 aliphatic heterocycles. The van der Waals surface area contributed by atoms with Crippen LogP contribution < -0.4 is 5.32 Å². The summed E-state index contributed by atoms with van der Waals surface area (Å²) >= 11 is 0. The number of nitrogens with zero attached hydrogens (tertiary/aromatic N) is 1. The fourth-order valence-corrected chi connectivity index (χ4v) is 2.89. The van der Waals surface area contributed by atoms with Crippen LogP contribution in [0, 0.1) is 12.8 Å². The first kappa shape index (κ1) is 15.0. The average molecular weight is 302 g/mol. The second kappa shape index (κ2) is 6.08. The molecule has 1 saturated heterocycles. The van der Waals surface area contributed by atoms with Crippen LogP contribution in [0.25, 0.3) is 0 Å². The summed E-state index contributed by atoms with van der Waals surface area (Å²) in [6, 6.07) is 7.45. The Morgan fingerprint density at radius 1 is 1.36 bits per heavy atom. The standard InChI is InChI=1S/C17H22N2O3/c1-11-5-3-4-6-13(11)15-16(22-10-14(20)19(15)2)17(21)18-9-12-7-8-12/h3-6,12,15-16H,7-10H2,1-2H3,(H,18,21). The predicted octanol–water partition coefficient (Wildman–Crippen LogP) is 1.42. The lowest BCUT2D eigenvalue weighted by Gasteiger charge is -2.38. The SMILES string of the molecule is Cc1ccccc1C1C(C(=O)NCC2CC2)OCC(=O)N1C. The smallest absolute Gasteiger partial charge is 0.251 e. The first-order valence-electron chi connectivity index (χ1n) is 7.78. The molecule has 2 atom stereocenters. The fourth-order valence-electron chi connectivity index (χ4n) is 2.89. The van der Waals surface area contributed by atoms with Gasteiger partial charge in [-0.15, -0.1) is 0 Å². The van der Waals surface area contributed by atoms with Gasteiger partial charge >= 0.3 is 0 Å². The van der Waals surface area contributed by atoms with E-state index in [-0.39, 0.29) is 24.5 Å². The number of benzene rings is 1. The quantitative estimate of drug-likeness (QED) is 0.915. The molecule has 1 N–H and O–H groups in total. The number of amides is 2. The molecule has 118 valence electrons. The molecule has 1 aliphatic carbocycles. The minimum Gasteiger partial charge on any atom is -0.356 e. The Morgan fingerprint density at radius 3 is 2.77 bits per heavy atom. The van der Waals surface area contributed by atoms with Gasteiger partial charge in [0.25, 0.3) is 5.91 Å². The molecule has 3 rings (SSSR count). The maximum absolute atomic E-state index is 12.5. The van der Waals surface area contributed by atoms with E-state index in [2.05, 4.69) is 5.32 Å². The number of nitrogens with one attached hydrogen (secondary N) is 1. The highest BCUT2D eigenvalue weighted by Gasteiger charge is 2.40. The second-order valence-corrected chi connectivity index (χ2v) is 6.23. The largest absolute Gasteiger partial charge is 0.356 e. The number of hydrogen-bond donors (Lipinski definition) is 1. The van der Waals surface area contributed by atoms with E-state index in [1.54, 1.807) is 11.9 Å². The van der Waals surface area contributed by atoms with Crippen LogP contribution in [0.3, 0.4) is 0 Å². The number of rotatable bonds is 4. The third kappa shape index (κ3) is 2.99. The first-order valence-corrected chi connectivity index (χ1v) is 7.78. The third-order valence-electron chi connectivity index (χ3n) is 4.51. The highest BCUT2D eigenvalue weighted by atomic mass is 16.5. The number of carbonyl (C=O) groups excluding carboxylic acids is 2. The van der Waals surface area contributed by atoms with Crippen LogP contribution in [-0.4, -0.2) is 43.0 Å². The summed E-state index contributed by atoms with van der Waals surface area (Å²) in [5, 5.41) is 2.97. The number of carbonyl (C=O) groups is 2. The van der Waals surface area contributed by atoms with Crippen molar-refractivity contribution in [2.75, 3.05) is 20.2 Å². The van der Waals surface area contributed by atoms with Gasteiger partial charge in [0.2, 0.25) is 5.91 Å². The molecule has 2 aliphatic rings. The lowest BCUT2D eigenvalue weighted by Crippen LogP contribution is -2.53. The Morgan fingerprint density at radius 2 is 2.09 bits per heavy atom. The highest BCUT2D eigenvalue weighted by Crippen LogP contribution is 2.32. The van der Waals surface area contributed by atoms with Gasteiger partial charge in [-0.25, -0.2) is 0 Å². The molecule has 0 spiro atoms. The molecule has 2 fully saturated rings. The number of aryl methyl sites for hydroxylation is 1. The van der Waals surface area contributed by atoms with Crippen LogP contribution in [0.4, 0.5) is 0 Å². The molecule has 1 aromatic rings. The number of hydrogen-bond acceptors (Lipinski definition) is 3. The summed E-state index contributed by atoms with van der Waals surface area (Å²) in [7, 11) is 1.74. The van der Waals surface area contributed by atoms with E-state index in [1.807, 2.05) is 31.2 Å². The minimum absolute atomic E-state index is 0.0413. The Bertz CT molecular complexity index is 583. The van der Waals surface area contributed by atoms with Gasteiger partial charge in [-0.1, -0.05) is 24.3 Å². The molecule has 5 heteroatoms. The van der Waals surface area contributed by atoms with Crippen molar-refractivity contribution in [3.8, 4) is 0 Å². The van der Waals surface area contributed by atoms with Crippen LogP contribution in [0.15, 0.2) is 24.3 Å². The monoisotopic (exact) mass is 302 g/mol. The molecule has 0 radical (unpaired) electrons. The van der Waals surface area contributed by atoms with Crippen molar-refractivity contribution in [3.05, 3.63) is 35.4 Å². The lowest BCUT2D eigenvalue weighted by molar-refractivity contribution is -0.162. The lowest BCUT2D eigenvalue weighted by atomic mass is 9.94. The average Bonchev–Trinajstić information content (AvgIpc) is 3.33. The van der Waals surface area contributed by atoms with E-state index >= 15 is 0 Å². The maximum Gasteiger partial charge on any atom is 0.251 e. The van der Waals surface area contributed by atoms with Crippen molar-refractivity contribution < 1.29 is 14.3 Å². The predicted molar refractivity (Wildman–Crippen MR) is 82.2 cm³/mol. The molecule has 0 bridgehead atoms. The van der Waals surface area contributed by atoms with Crippen LogP contribution in [0.5, 0.6) is 0 Å².